The van der Waals surface area contributed by atoms with Gasteiger partial charge in [-0.25, -0.2) is 4.79 Å². The Morgan fingerprint density at radius 2 is 1.47 bits per heavy atom. The largest absolute Gasteiger partial charge is 0.444 e. The Kier molecular flexibility index (Phi) is 10.8. The van der Waals surface area contributed by atoms with E-state index in [4.69, 9.17) is 18.9 Å². The lowest BCUT2D eigenvalue weighted by Crippen LogP contribution is -2.66. The summed E-state index contributed by atoms with van der Waals surface area (Å²) in [6.45, 7) is 4.46. The van der Waals surface area contributed by atoms with Gasteiger partial charge in [0.05, 0.1) is 13.2 Å². The third-order valence-electron chi connectivity index (χ3n) is 5.37. The van der Waals surface area contributed by atoms with Crippen molar-refractivity contribution in [1.29, 1.82) is 0 Å². The van der Waals surface area contributed by atoms with Crippen LogP contribution in [-0.2, 0) is 18.9 Å². The Hall–Kier alpha value is -1.17. The van der Waals surface area contributed by atoms with Crippen molar-refractivity contribution >= 4 is 6.09 Å². The van der Waals surface area contributed by atoms with Crippen molar-refractivity contribution in [3.63, 3.8) is 0 Å². The van der Waals surface area contributed by atoms with Crippen molar-refractivity contribution in [2.24, 2.45) is 0 Å². The fourth-order valence-corrected chi connectivity index (χ4v) is 3.59. The van der Waals surface area contributed by atoms with Gasteiger partial charge in [-0.1, -0.05) is 0 Å². The number of nitrogens with one attached hydrogen (secondary N) is 2. The van der Waals surface area contributed by atoms with Gasteiger partial charge in [0.25, 0.3) is 0 Å². The summed E-state index contributed by atoms with van der Waals surface area (Å²) in [6.07, 6.45) is -14.7. The summed E-state index contributed by atoms with van der Waals surface area (Å²) in [6, 6.07) is 0. The summed E-state index contributed by atoms with van der Waals surface area (Å²) in [4.78, 5) is 11.7. The topological polar surface area (TPSA) is 220 Å². The minimum absolute atomic E-state index is 0.262. The van der Waals surface area contributed by atoms with Crippen LogP contribution in [0.3, 0.4) is 0 Å². The van der Waals surface area contributed by atoms with Gasteiger partial charge in [-0.15, -0.1) is 0 Å². The van der Waals surface area contributed by atoms with Gasteiger partial charge in [-0.05, 0) is 33.7 Å². The molecule has 14 nitrogen and oxygen atoms in total. The quantitative estimate of drug-likeness (QED) is 0.139. The van der Waals surface area contributed by atoms with Crippen molar-refractivity contribution < 1.29 is 59.5 Å². The van der Waals surface area contributed by atoms with Gasteiger partial charge in [-0.2, -0.15) is 0 Å². The zero-order valence-corrected chi connectivity index (χ0v) is 19.5. The van der Waals surface area contributed by atoms with Crippen LogP contribution in [-0.4, -0.2) is 135 Å². The number of carbonyl (C=O) groups is 1. The molecule has 2 aliphatic rings. The number of hydrogen-bond acceptors (Lipinski definition) is 13. The molecule has 34 heavy (non-hydrogen) atoms. The molecule has 2 aliphatic heterocycles. The summed E-state index contributed by atoms with van der Waals surface area (Å²) in [5.41, 5.74) is -0.627. The minimum Gasteiger partial charge on any atom is -0.444 e. The highest BCUT2D eigenvalue weighted by Gasteiger charge is 2.50. The molecule has 0 aliphatic carbocycles. The number of alkyl carbamates (subject to hydrolysis) is 1. The van der Waals surface area contributed by atoms with E-state index in [1.54, 1.807) is 20.8 Å². The lowest BCUT2D eigenvalue weighted by Gasteiger charge is -2.46. The van der Waals surface area contributed by atoms with Gasteiger partial charge >= 0.3 is 6.09 Å². The summed E-state index contributed by atoms with van der Waals surface area (Å²) >= 11 is 0. The van der Waals surface area contributed by atoms with Crippen LogP contribution in [0.15, 0.2) is 0 Å². The van der Waals surface area contributed by atoms with Crippen LogP contribution in [0.5, 0.6) is 0 Å². The molecule has 2 rings (SSSR count). The summed E-state index contributed by atoms with van der Waals surface area (Å²) < 4.78 is 21.4. The second-order valence-corrected chi connectivity index (χ2v) is 9.29. The van der Waals surface area contributed by atoms with E-state index >= 15 is 0 Å². The Labute approximate surface area is 197 Å². The second kappa shape index (κ2) is 12.7. The zero-order chi connectivity index (χ0) is 25.6. The average Bonchev–Trinajstić information content (AvgIpc) is 2.76. The van der Waals surface area contributed by atoms with Crippen molar-refractivity contribution in [3.05, 3.63) is 0 Å². The van der Waals surface area contributed by atoms with Gasteiger partial charge in [0, 0.05) is 6.54 Å². The molecule has 1 amide bonds. The third-order valence-corrected chi connectivity index (χ3v) is 5.37. The monoisotopic (exact) mass is 498 g/mol. The number of carbonyl (C=O) groups excluding carboxylic acids is 1. The van der Waals surface area contributed by atoms with Gasteiger partial charge in [-0.3, -0.25) is 5.32 Å². The molecule has 1 unspecified atom stereocenters. The van der Waals surface area contributed by atoms with Crippen LogP contribution in [0.25, 0.3) is 0 Å². The molecule has 0 aromatic rings. The molecule has 200 valence electrons. The number of aliphatic hydroxyl groups excluding tert-OH is 7. The van der Waals surface area contributed by atoms with E-state index in [0.717, 1.165) is 0 Å². The Morgan fingerprint density at radius 3 is 2.06 bits per heavy atom. The molecule has 10 atom stereocenters. The maximum absolute atomic E-state index is 11.7. The van der Waals surface area contributed by atoms with Crippen molar-refractivity contribution in [3.8, 4) is 0 Å². The fourth-order valence-electron chi connectivity index (χ4n) is 3.59. The minimum atomic E-state index is -1.74. The highest BCUT2D eigenvalue weighted by molar-refractivity contribution is 5.67. The van der Waals surface area contributed by atoms with Gasteiger partial charge in [0.1, 0.15) is 60.7 Å². The predicted octanol–water partition coefficient (Wildman–Crippen LogP) is -3.89. The van der Waals surface area contributed by atoms with Crippen molar-refractivity contribution in [1.82, 2.24) is 10.6 Å². The fraction of sp³-hybridized carbons (Fsp3) is 0.950. The molecule has 0 spiro atoms. The summed E-state index contributed by atoms with van der Waals surface area (Å²) in [5, 5.41) is 75.5. The van der Waals surface area contributed by atoms with Crippen LogP contribution in [0.2, 0.25) is 0 Å². The molecule has 0 radical (unpaired) electrons. The highest BCUT2D eigenvalue weighted by atomic mass is 16.7. The predicted molar refractivity (Wildman–Crippen MR) is 113 cm³/mol. The molecule has 0 aromatic carbocycles. The van der Waals surface area contributed by atoms with E-state index < -0.39 is 86.3 Å². The average molecular weight is 499 g/mol. The van der Waals surface area contributed by atoms with E-state index in [1.807, 2.05) is 0 Å². The molecular formula is C20H38N2O12. The van der Waals surface area contributed by atoms with Gasteiger partial charge in [0.15, 0.2) is 6.29 Å². The summed E-state index contributed by atoms with van der Waals surface area (Å²) in [7, 11) is 0. The standard InChI is InChI=1S/C20H38N2O12/c1-20(2,3)34-19(30)22-6-4-5-21-17-15(29)16(12(26)10(8-24)31-17)33-18-14(28)13(27)11(25)9(7-23)32-18/h9-18,21,23-29H,4-8H2,1-3H3,(H,22,30)/t9-,10-,11-,12-,13+,14-,15-,16+,17?,18+/m1/s1. The molecule has 2 fully saturated rings. The number of amides is 1. The molecule has 2 heterocycles. The number of aliphatic hydroxyl groups is 7. The zero-order valence-electron chi connectivity index (χ0n) is 19.5. The normalized spacial score (nSPS) is 39.0. The van der Waals surface area contributed by atoms with Crippen molar-refractivity contribution in [2.45, 2.75) is 94.1 Å². The van der Waals surface area contributed by atoms with Crippen LogP contribution in [0.1, 0.15) is 27.2 Å². The first-order chi connectivity index (χ1) is 15.9. The molecule has 0 bridgehead atoms. The van der Waals surface area contributed by atoms with E-state index in [1.165, 1.54) is 0 Å². The second-order valence-electron chi connectivity index (χ2n) is 9.29. The molecule has 2 saturated heterocycles. The maximum atomic E-state index is 11.7. The lowest BCUT2D eigenvalue weighted by molar-refractivity contribution is -0.343. The Bertz CT molecular complexity index is 633. The van der Waals surface area contributed by atoms with E-state index in [0.29, 0.717) is 6.42 Å². The highest BCUT2D eigenvalue weighted by Crippen LogP contribution is 2.28. The molecule has 9 N–H and O–H groups in total. The third kappa shape index (κ3) is 7.66. The number of ether oxygens (including phenoxy) is 4. The number of hydrogen-bond donors (Lipinski definition) is 9. The van der Waals surface area contributed by atoms with Crippen molar-refractivity contribution in [2.75, 3.05) is 26.3 Å². The number of rotatable bonds is 9. The molecule has 0 saturated carbocycles. The van der Waals surface area contributed by atoms with E-state index in [2.05, 4.69) is 10.6 Å². The van der Waals surface area contributed by atoms with Gasteiger partial charge < -0.3 is 60.0 Å². The first-order valence-electron chi connectivity index (χ1n) is 11.2. The van der Waals surface area contributed by atoms with Crippen LogP contribution < -0.4 is 10.6 Å². The van der Waals surface area contributed by atoms with E-state index in [-0.39, 0.29) is 13.1 Å². The van der Waals surface area contributed by atoms with Crippen LogP contribution in [0.4, 0.5) is 4.79 Å². The Morgan fingerprint density at radius 1 is 0.853 bits per heavy atom. The first kappa shape index (κ1) is 29.1. The molecule has 0 aromatic heterocycles. The Balaban J connectivity index is 1.93. The smallest absolute Gasteiger partial charge is 0.407 e. The van der Waals surface area contributed by atoms with Crippen LogP contribution >= 0.6 is 0 Å². The van der Waals surface area contributed by atoms with E-state index in [9.17, 15) is 40.5 Å². The first-order valence-corrected chi connectivity index (χ1v) is 11.2. The van der Waals surface area contributed by atoms with Crippen LogP contribution in [0, 0.1) is 0 Å². The molecular weight excluding hydrogens is 460 g/mol. The van der Waals surface area contributed by atoms with Gasteiger partial charge in [0.2, 0.25) is 0 Å². The summed E-state index contributed by atoms with van der Waals surface area (Å²) in [5.74, 6) is 0. The maximum Gasteiger partial charge on any atom is 0.407 e. The SMILES string of the molecule is CC(C)(C)OC(=O)NCCCNC1O[C@H](CO)[C@@H](O)[C@H](O[C@@H]2O[C@H](CO)[C@@H](O)[C@H](O)[C@H]2O)[C@H]1O. The molecule has 14 heteroatoms. The lowest BCUT2D eigenvalue weighted by atomic mass is 9.96.